The molecule has 0 aliphatic heterocycles. The lowest BCUT2D eigenvalue weighted by atomic mass is 10.0. The summed E-state index contributed by atoms with van der Waals surface area (Å²) >= 11 is 8.98. The van der Waals surface area contributed by atoms with E-state index in [0.717, 1.165) is 10.0 Å². The number of hydrogen-bond donors (Lipinski definition) is 0. The molecule has 0 bridgehead atoms. The van der Waals surface area contributed by atoms with Gasteiger partial charge in [-0.15, -0.1) is 11.6 Å². The third-order valence-corrected chi connectivity index (χ3v) is 2.50. The Morgan fingerprint density at radius 3 is 2.93 bits per heavy atom. The lowest BCUT2D eigenvalue weighted by molar-refractivity contribution is -0.107. The van der Waals surface area contributed by atoms with Crippen LogP contribution in [0.25, 0.3) is 0 Å². The first-order valence-corrected chi connectivity index (χ1v) is 5.18. The fraction of sp³-hybridized carbons (Fsp3) is 0.200. The van der Waals surface area contributed by atoms with E-state index in [1.165, 1.54) is 0 Å². The zero-order chi connectivity index (χ0) is 10.6. The van der Waals surface area contributed by atoms with Crippen LogP contribution in [-0.2, 0) is 11.2 Å². The summed E-state index contributed by atoms with van der Waals surface area (Å²) in [6.45, 7) is 0. The fourth-order valence-corrected chi connectivity index (χ4v) is 1.67. The lowest BCUT2D eigenvalue weighted by Crippen LogP contribution is -2.05. The van der Waals surface area contributed by atoms with E-state index in [9.17, 15) is 4.79 Å². The lowest BCUT2D eigenvalue weighted by Gasteiger charge is -2.05. The van der Waals surface area contributed by atoms with Crippen LogP contribution in [0.5, 0.6) is 0 Å². The molecule has 0 radical (unpaired) electrons. The summed E-state index contributed by atoms with van der Waals surface area (Å²) in [4.78, 5) is 10.4. The van der Waals surface area contributed by atoms with Crippen LogP contribution in [0.1, 0.15) is 11.1 Å². The summed E-state index contributed by atoms with van der Waals surface area (Å²) < 4.78 is 0.876. The highest BCUT2D eigenvalue weighted by Gasteiger charge is 2.08. The maximum absolute atomic E-state index is 10.4. The van der Waals surface area contributed by atoms with Crippen molar-refractivity contribution in [3.63, 3.8) is 0 Å². The number of carbonyl (C=O) groups excluding carboxylic acids is 1. The molecule has 0 aromatic heterocycles. The molecule has 0 aliphatic rings. The molecule has 1 atom stereocenters. The smallest absolute Gasteiger partial charge is 0.138 e. The molecule has 0 N–H and O–H groups in total. The number of nitrogens with zero attached hydrogens (tertiary/aromatic N) is 1. The molecule has 1 aromatic carbocycles. The molecule has 1 aromatic rings. The first kappa shape index (κ1) is 11.2. The van der Waals surface area contributed by atoms with Crippen LogP contribution in [0.3, 0.4) is 0 Å². The molecule has 0 spiro atoms. The Morgan fingerprint density at radius 1 is 1.64 bits per heavy atom. The topological polar surface area (TPSA) is 40.9 Å². The zero-order valence-electron chi connectivity index (χ0n) is 7.21. The Labute approximate surface area is 95.6 Å². The normalized spacial score (nSPS) is 11.8. The van der Waals surface area contributed by atoms with Crippen LogP contribution in [0, 0.1) is 11.3 Å². The fourth-order valence-electron chi connectivity index (χ4n) is 1.10. The molecule has 0 fully saturated rings. The van der Waals surface area contributed by atoms with E-state index in [1.54, 1.807) is 18.2 Å². The third kappa shape index (κ3) is 2.83. The van der Waals surface area contributed by atoms with E-state index in [0.29, 0.717) is 18.3 Å². The summed E-state index contributed by atoms with van der Waals surface area (Å²) in [5, 5.41) is 8.23. The minimum Gasteiger partial charge on any atom is -0.302 e. The second kappa shape index (κ2) is 5.14. The van der Waals surface area contributed by atoms with Gasteiger partial charge in [-0.25, -0.2) is 0 Å². The minimum absolute atomic E-state index is 0.382. The van der Waals surface area contributed by atoms with E-state index in [-0.39, 0.29) is 0 Å². The van der Waals surface area contributed by atoms with E-state index in [1.807, 2.05) is 0 Å². The minimum atomic E-state index is -0.573. The predicted octanol–water partition coefficient (Wildman–Crippen LogP) is 2.67. The SMILES string of the molecule is N#Cc1ccc(Br)cc1CC(Cl)C=O. The standard InChI is InChI=1S/C10H7BrClNO/c11-9-2-1-7(5-13)8(3-9)4-10(12)6-14/h1-3,6,10H,4H2. The maximum atomic E-state index is 10.4. The van der Waals surface area contributed by atoms with Crippen LogP contribution in [0.2, 0.25) is 0 Å². The molecule has 1 unspecified atom stereocenters. The van der Waals surface area contributed by atoms with Gasteiger partial charge >= 0.3 is 0 Å². The van der Waals surface area contributed by atoms with Gasteiger partial charge in [0.1, 0.15) is 6.29 Å². The Balaban J connectivity index is 3.00. The van der Waals surface area contributed by atoms with Crippen LogP contribution in [0.15, 0.2) is 22.7 Å². The van der Waals surface area contributed by atoms with Gasteiger partial charge in [0.05, 0.1) is 17.0 Å². The van der Waals surface area contributed by atoms with Gasteiger partial charge in [-0.1, -0.05) is 15.9 Å². The van der Waals surface area contributed by atoms with Crippen molar-refractivity contribution in [1.29, 1.82) is 5.26 Å². The van der Waals surface area contributed by atoms with Crippen molar-refractivity contribution in [2.45, 2.75) is 11.8 Å². The Hall–Kier alpha value is -0.850. The van der Waals surface area contributed by atoms with Gasteiger partial charge in [-0.3, -0.25) is 0 Å². The van der Waals surface area contributed by atoms with Gasteiger partial charge in [0, 0.05) is 4.47 Å². The first-order valence-electron chi connectivity index (χ1n) is 3.95. The van der Waals surface area contributed by atoms with Crippen LogP contribution in [0.4, 0.5) is 0 Å². The zero-order valence-corrected chi connectivity index (χ0v) is 9.55. The number of aldehydes is 1. The van der Waals surface area contributed by atoms with Crippen LogP contribution < -0.4 is 0 Å². The molecule has 0 saturated heterocycles. The second-order valence-corrected chi connectivity index (χ2v) is 4.25. The predicted molar refractivity (Wildman–Crippen MR) is 58.3 cm³/mol. The molecular formula is C10H7BrClNO. The van der Waals surface area contributed by atoms with Crippen molar-refractivity contribution < 1.29 is 4.79 Å². The van der Waals surface area contributed by atoms with Crippen molar-refractivity contribution in [3.05, 3.63) is 33.8 Å². The number of halogens is 2. The van der Waals surface area contributed by atoms with Crippen molar-refractivity contribution >= 4 is 33.8 Å². The van der Waals surface area contributed by atoms with Crippen molar-refractivity contribution in [2.75, 3.05) is 0 Å². The summed E-state index contributed by atoms with van der Waals surface area (Å²) in [6.07, 6.45) is 1.05. The van der Waals surface area contributed by atoms with Gasteiger partial charge in [0.25, 0.3) is 0 Å². The molecule has 72 valence electrons. The highest BCUT2D eigenvalue weighted by molar-refractivity contribution is 9.10. The van der Waals surface area contributed by atoms with Gasteiger partial charge in [0.2, 0.25) is 0 Å². The number of hydrogen-bond acceptors (Lipinski definition) is 2. The molecule has 0 amide bonds. The number of carbonyl (C=O) groups is 1. The largest absolute Gasteiger partial charge is 0.302 e. The molecule has 0 aliphatic carbocycles. The molecule has 0 heterocycles. The Bertz CT molecular complexity index is 386. The molecular weight excluding hydrogens is 265 g/mol. The van der Waals surface area contributed by atoms with E-state index >= 15 is 0 Å². The summed E-state index contributed by atoms with van der Waals surface area (Å²) in [6, 6.07) is 7.35. The van der Waals surface area contributed by atoms with Crippen molar-refractivity contribution in [1.82, 2.24) is 0 Å². The molecule has 2 nitrogen and oxygen atoms in total. The van der Waals surface area contributed by atoms with E-state index in [2.05, 4.69) is 22.0 Å². The molecule has 14 heavy (non-hydrogen) atoms. The summed E-state index contributed by atoms with van der Waals surface area (Å²) in [5.41, 5.74) is 1.34. The van der Waals surface area contributed by atoms with E-state index in [4.69, 9.17) is 16.9 Å². The third-order valence-electron chi connectivity index (χ3n) is 1.75. The highest BCUT2D eigenvalue weighted by atomic mass is 79.9. The maximum Gasteiger partial charge on any atom is 0.138 e. The molecule has 0 saturated carbocycles. The Morgan fingerprint density at radius 2 is 2.36 bits per heavy atom. The van der Waals surface area contributed by atoms with Gasteiger partial charge in [0.15, 0.2) is 0 Å². The average molecular weight is 273 g/mol. The highest BCUT2D eigenvalue weighted by Crippen LogP contribution is 2.18. The first-order chi connectivity index (χ1) is 6.67. The number of rotatable bonds is 3. The van der Waals surface area contributed by atoms with Crippen molar-refractivity contribution in [2.24, 2.45) is 0 Å². The number of alkyl halides is 1. The van der Waals surface area contributed by atoms with Crippen LogP contribution in [-0.4, -0.2) is 11.7 Å². The molecule has 4 heteroatoms. The second-order valence-electron chi connectivity index (χ2n) is 2.77. The number of benzene rings is 1. The van der Waals surface area contributed by atoms with E-state index < -0.39 is 5.38 Å². The van der Waals surface area contributed by atoms with Crippen LogP contribution >= 0.6 is 27.5 Å². The summed E-state index contributed by atoms with van der Waals surface area (Å²) in [7, 11) is 0. The van der Waals surface area contributed by atoms with Gasteiger partial charge in [-0.2, -0.15) is 5.26 Å². The molecule has 1 rings (SSSR count). The average Bonchev–Trinajstić information content (AvgIpc) is 2.18. The number of nitriles is 1. The van der Waals surface area contributed by atoms with Crippen molar-refractivity contribution in [3.8, 4) is 6.07 Å². The quantitative estimate of drug-likeness (QED) is 0.627. The summed E-state index contributed by atoms with van der Waals surface area (Å²) in [5.74, 6) is 0. The monoisotopic (exact) mass is 271 g/mol. The van der Waals surface area contributed by atoms with Gasteiger partial charge in [-0.05, 0) is 30.2 Å². The van der Waals surface area contributed by atoms with Gasteiger partial charge < -0.3 is 4.79 Å². The Kier molecular flexibility index (Phi) is 4.12.